The summed E-state index contributed by atoms with van der Waals surface area (Å²) in [5.41, 5.74) is 0. The maximum Gasteiger partial charge on any atom is 0.124 e. The minimum atomic E-state index is -0.160. The van der Waals surface area contributed by atoms with Crippen LogP contribution in [0, 0.1) is 11.7 Å². The number of hydrogen-bond acceptors (Lipinski definition) is 3. The summed E-state index contributed by atoms with van der Waals surface area (Å²) in [6.07, 6.45) is 0. The van der Waals surface area contributed by atoms with Crippen molar-refractivity contribution in [1.29, 1.82) is 0 Å². The molecule has 0 aliphatic rings. The number of fused-ring (bicyclic) bond motifs is 1. The standard InChI is InChI=1S/C15H21FN2S/c1-11(2)9-17-5-6-18-10-14-7-12-3-4-13(16)8-15(12)19-14/h3-4,7-8,11,17-18H,5-6,9-10H2,1-2H3. The lowest BCUT2D eigenvalue weighted by Crippen LogP contribution is -2.29. The van der Waals surface area contributed by atoms with Gasteiger partial charge in [-0.05, 0) is 36.0 Å². The molecule has 2 N–H and O–H groups in total. The Hall–Kier alpha value is -0.970. The van der Waals surface area contributed by atoms with Crippen LogP contribution < -0.4 is 10.6 Å². The number of rotatable bonds is 7. The average molecular weight is 280 g/mol. The van der Waals surface area contributed by atoms with E-state index < -0.39 is 0 Å². The van der Waals surface area contributed by atoms with E-state index in [-0.39, 0.29) is 5.82 Å². The lowest BCUT2D eigenvalue weighted by Gasteiger charge is -2.07. The molecule has 1 aromatic heterocycles. The van der Waals surface area contributed by atoms with E-state index in [2.05, 4.69) is 30.5 Å². The summed E-state index contributed by atoms with van der Waals surface area (Å²) >= 11 is 1.66. The van der Waals surface area contributed by atoms with E-state index in [0.717, 1.165) is 36.3 Å². The number of thiophene rings is 1. The summed E-state index contributed by atoms with van der Waals surface area (Å²) in [7, 11) is 0. The fourth-order valence-electron chi connectivity index (χ4n) is 1.93. The van der Waals surface area contributed by atoms with Gasteiger partial charge in [0.25, 0.3) is 0 Å². The molecule has 0 saturated carbocycles. The Bertz CT molecular complexity index is 522. The van der Waals surface area contributed by atoms with E-state index in [4.69, 9.17) is 0 Å². The Morgan fingerprint density at radius 2 is 1.95 bits per heavy atom. The van der Waals surface area contributed by atoms with Crippen molar-refractivity contribution in [1.82, 2.24) is 10.6 Å². The van der Waals surface area contributed by atoms with E-state index >= 15 is 0 Å². The number of benzene rings is 1. The van der Waals surface area contributed by atoms with Gasteiger partial charge in [0, 0.05) is 29.2 Å². The molecule has 2 aromatic rings. The van der Waals surface area contributed by atoms with Crippen LogP contribution in [0.4, 0.5) is 4.39 Å². The molecule has 1 aromatic carbocycles. The molecule has 0 saturated heterocycles. The minimum absolute atomic E-state index is 0.160. The molecule has 2 nitrogen and oxygen atoms in total. The van der Waals surface area contributed by atoms with Gasteiger partial charge in [-0.1, -0.05) is 19.9 Å². The highest BCUT2D eigenvalue weighted by Crippen LogP contribution is 2.26. The Morgan fingerprint density at radius 3 is 2.74 bits per heavy atom. The van der Waals surface area contributed by atoms with Gasteiger partial charge in [0.05, 0.1) is 0 Å². The Morgan fingerprint density at radius 1 is 1.16 bits per heavy atom. The van der Waals surface area contributed by atoms with Crippen molar-refractivity contribution in [2.75, 3.05) is 19.6 Å². The Labute approximate surface area is 118 Å². The molecule has 0 radical (unpaired) electrons. The van der Waals surface area contributed by atoms with Gasteiger partial charge >= 0.3 is 0 Å². The molecule has 0 fully saturated rings. The molecule has 2 rings (SSSR count). The molecule has 0 amide bonds. The van der Waals surface area contributed by atoms with E-state index in [1.54, 1.807) is 17.4 Å². The lowest BCUT2D eigenvalue weighted by molar-refractivity contribution is 0.536. The van der Waals surface area contributed by atoms with Gasteiger partial charge in [-0.3, -0.25) is 0 Å². The molecule has 0 spiro atoms. The van der Waals surface area contributed by atoms with E-state index in [1.165, 1.54) is 10.9 Å². The van der Waals surface area contributed by atoms with Gasteiger partial charge in [-0.2, -0.15) is 0 Å². The summed E-state index contributed by atoms with van der Waals surface area (Å²) < 4.78 is 14.1. The second-order valence-corrected chi connectivity index (χ2v) is 6.34. The zero-order valence-corrected chi connectivity index (χ0v) is 12.3. The molecule has 0 atom stereocenters. The second-order valence-electron chi connectivity index (χ2n) is 5.17. The van der Waals surface area contributed by atoms with Crippen LogP contribution in [0.1, 0.15) is 18.7 Å². The van der Waals surface area contributed by atoms with Gasteiger partial charge in [0.15, 0.2) is 0 Å². The highest BCUT2D eigenvalue weighted by Gasteiger charge is 2.02. The topological polar surface area (TPSA) is 24.1 Å². The van der Waals surface area contributed by atoms with Crippen LogP contribution in [-0.2, 0) is 6.54 Å². The Kier molecular flexibility index (Phi) is 5.31. The van der Waals surface area contributed by atoms with E-state index in [9.17, 15) is 4.39 Å². The van der Waals surface area contributed by atoms with Crippen LogP contribution in [0.15, 0.2) is 24.3 Å². The molecule has 0 bridgehead atoms. The number of halogens is 1. The number of nitrogens with one attached hydrogen (secondary N) is 2. The zero-order chi connectivity index (χ0) is 13.7. The van der Waals surface area contributed by atoms with Gasteiger partial charge in [0.2, 0.25) is 0 Å². The van der Waals surface area contributed by atoms with E-state index in [1.807, 2.05) is 6.07 Å². The van der Waals surface area contributed by atoms with Crippen molar-refractivity contribution in [2.45, 2.75) is 20.4 Å². The first kappa shape index (κ1) is 14.4. The largest absolute Gasteiger partial charge is 0.315 e. The summed E-state index contributed by atoms with van der Waals surface area (Å²) in [5, 5.41) is 7.93. The first-order valence-corrected chi connectivity index (χ1v) is 7.56. The molecule has 4 heteroatoms. The van der Waals surface area contributed by atoms with Crippen LogP contribution in [0.25, 0.3) is 10.1 Å². The maximum absolute atomic E-state index is 13.1. The third-order valence-electron chi connectivity index (χ3n) is 2.86. The molecule has 0 unspecified atom stereocenters. The normalized spacial score (nSPS) is 11.6. The maximum atomic E-state index is 13.1. The summed E-state index contributed by atoms with van der Waals surface area (Å²) in [5.74, 6) is 0.532. The zero-order valence-electron chi connectivity index (χ0n) is 11.5. The quantitative estimate of drug-likeness (QED) is 0.760. The third-order valence-corrected chi connectivity index (χ3v) is 3.96. The van der Waals surface area contributed by atoms with Crippen LogP contribution in [0.5, 0.6) is 0 Å². The third kappa shape index (κ3) is 4.56. The van der Waals surface area contributed by atoms with Gasteiger partial charge in [-0.15, -0.1) is 11.3 Å². The lowest BCUT2D eigenvalue weighted by atomic mass is 10.2. The van der Waals surface area contributed by atoms with Gasteiger partial charge < -0.3 is 10.6 Å². The second kappa shape index (κ2) is 6.98. The van der Waals surface area contributed by atoms with Crippen molar-refractivity contribution in [2.24, 2.45) is 5.92 Å². The highest BCUT2D eigenvalue weighted by molar-refractivity contribution is 7.19. The highest BCUT2D eigenvalue weighted by atomic mass is 32.1. The van der Waals surface area contributed by atoms with E-state index in [0.29, 0.717) is 5.92 Å². The molecule has 19 heavy (non-hydrogen) atoms. The monoisotopic (exact) mass is 280 g/mol. The molecular weight excluding hydrogens is 259 g/mol. The van der Waals surface area contributed by atoms with Crippen LogP contribution in [0.2, 0.25) is 0 Å². The fourth-order valence-corrected chi connectivity index (χ4v) is 2.99. The predicted molar refractivity (Wildman–Crippen MR) is 81.2 cm³/mol. The first-order valence-electron chi connectivity index (χ1n) is 6.74. The summed E-state index contributed by atoms with van der Waals surface area (Å²) in [4.78, 5) is 1.25. The molecule has 0 aliphatic carbocycles. The minimum Gasteiger partial charge on any atom is -0.315 e. The summed E-state index contributed by atoms with van der Waals surface area (Å²) in [6.45, 7) is 8.26. The molecule has 104 valence electrons. The molecule has 1 heterocycles. The van der Waals surface area contributed by atoms with Crippen molar-refractivity contribution in [3.05, 3.63) is 35.0 Å². The van der Waals surface area contributed by atoms with Gasteiger partial charge in [-0.25, -0.2) is 4.39 Å². The average Bonchev–Trinajstić information content (AvgIpc) is 2.75. The van der Waals surface area contributed by atoms with Crippen LogP contribution in [0.3, 0.4) is 0 Å². The fraction of sp³-hybridized carbons (Fsp3) is 0.467. The Balaban J connectivity index is 1.75. The van der Waals surface area contributed by atoms with Gasteiger partial charge in [0.1, 0.15) is 5.82 Å². The number of hydrogen-bond donors (Lipinski definition) is 2. The van der Waals surface area contributed by atoms with Crippen molar-refractivity contribution in [3.8, 4) is 0 Å². The first-order chi connectivity index (χ1) is 9.15. The predicted octanol–water partition coefficient (Wildman–Crippen LogP) is 3.38. The molecule has 0 aliphatic heterocycles. The summed E-state index contributed by atoms with van der Waals surface area (Å²) in [6, 6.07) is 7.10. The smallest absolute Gasteiger partial charge is 0.124 e. The van der Waals surface area contributed by atoms with Crippen molar-refractivity contribution in [3.63, 3.8) is 0 Å². The van der Waals surface area contributed by atoms with Crippen molar-refractivity contribution >= 4 is 21.4 Å². The van der Waals surface area contributed by atoms with Crippen LogP contribution in [-0.4, -0.2) is 19.6 Å². The van der Waals surface area contributed by atoms with Crippen molar-refractivity contribution < 1.29 is 4.39 Å². The SMILES string of the molecule is CC(C)CNCCNCc1cc2ccc(F)cc2s1. The molecular formula is C15H21FN2S. The van der Waals surface area contributed by atoms with Crippen LogP contribution >= 0.6 is 11.3 Å².